The number of aromatic nitrogens is 3. The van der Waals surface area contributed by atoms with E-state index in [9.17, 15) is 18.1 Å². The van der Waals surface area contributed by atoms with E-state index in [1.807, 2.05) is 0 Å². The summed E-state index contributed by atoms with van der Waals surface area (Å²) >= 11 is -0.474. The summed E-state index contributed by atoms with van der Waals surface area (Å²) in [6, 6.07) is -0.376. The van der Waals surface area contributed by atoms with Crippen molar-refractivity contribution in [3.05, 3.63) is 16.2 Å². The molecule has 0 spiro atoms. The van der Waals surface area contributed by atoms with Crippen molar-refractivity contribution in [3.63, 3.8) is 0 Å². The second-order valence-electron chi connectivity index (χ2n) is 4.88. The maximum atomic E-state index is 13.3. The topological polar surface area (TPSA) is 80.1 Å². The van der Waals surface area contributed by atoms with Crippen LogP contribution in [0.4, 0.5) is 8.78 Å². The molecule has 2 aromatic rings. The minimum Gasteiger partial charge on any atom is -0.610 e. The molecule has 0 bridgehead atoms. The van der Waals surface area contributed by atoms with E-state index in [0.717, 1.165) is 15.9 Å². The van der Waals surface area contributed by atoms with Crippen LogP contribution in [0.2, 0.25) is 0 Å². The number of halogens is 2. The van der Waals surface area contributed by atoms with E-state index in [0.29, 0.717) is 26.1 Å². The van der Waals surface area contributed by atoms with Gasteiger partial charge in [0.1, 0.15) is 6.26 Å². The van der Waals surface area contributed by atoms with Gasteiger partial charge in [-0.3, -0.25) is 9.36 Å². The van der Waals surface area contributed by atoms with E-state index in [4.69, 9.17) is 4.74 Å². The molecule has 0 amide bonds. The minimum atomic E-state index is -2.86. The van der Waals surface area contributed by atoms with Crippen molar-refractivity contribution in [2.75, 3.05) is 19.5 Å². The summed E-state index contributed by atoms with van der Waals surface area (Å²) in [5.74, 6) is -0.554. The lowest BCUT2D eigenvalue weighted by molar-refractivity contribution is 0.0611. The normalized spacial score (nSPS) is 18.2. The van der Waals surface area contributed by atoms with Gasteiger partial charge in [-0.05, 0) is 24.2 Å². The molecule has 0 radical (unpaired) electrons. The van der Waals surface area contributed by atoms with Crippen LogP contribution >= 0.6 is 11.3 Å². The molecule has 0 N–H and O–H groups in total. The SMILES string of the molecule is C[S+]([O-])c1nc2c(=O)n(C3CCOCC3)c(C(F)F)nc2s1. The molecule has 2 aromatic heterocycles. The number of alkyl halides is 2. The monoisotopic (exact) mass is 349 g/mol. The molecule has 10 heteroatoms. The van der Waals surface area contributed by atoms with Gasteiger partial charge in [0.15, 0.2) is 16.2 Å². The molecular formula is C12H13F2N3O3S2. The highest BCUT2D eigenvalue weighted by Gasteiger charge is 2.28. The van der Waals surface area contributed by atoms with E-state index in [2.05, 4.69) is 9.97 Å². The zero-order chi connectivity index (χ0) is 15.9. The highest BCUT2D eigenvalue weighted by Crippen LogP contribution is 2.29. The van der Waals surface area contributed by atoms with Crippen molar-refractivity contribution in [1.82, 2.24) is 14.5 Å². The Kier molecular flexibility index (Phi) is 4.44. The lowest BCUT2D eigenvalue weighted by Gasteiger charge is -2.25. The van der Waals surface area contributed by atoms with E-state index >= 15 is 0 Å². The van der Waals surface area contributed by atoms with Gasteiger partial charge < -0.3 is 9.29 Å². The van der Waals surface area contributed by atoms with Crippen LogP contribution in [0.3, 0.4) is 0 Å². The molecule has 1 aliphatic heterocycles. The average Bonchev–Trinajstić information content (AvgIpc) is 2.92. The van der Waals surface area contributed by atoms with Crippen molar-refractivity contribution in [1.29, 1.82) is 0 Å². The highest BCUT2D eigenvalue weighted by atomic mass is 32.2. The average molecular weight is 349 g/mol. The van der Waals surface area contributed by atoms with Gasteiger partial charge >= 0.3 is 4.34 Å². The molecule has 1 atom stereocenters. The summed E-state index contributed by atoms with van der Waals surface area (Å²) in [6.07, 6.45) is -0.493. The van der Waals surface area contributed by atoms with Gasteiger partial charge in [-0.1, -0.05) is 0 Å². The van der Waals surface area contributed by atoms with Crippen LogP contribution in [0.1, 0.15) is 31.1 Å². The molecule has 1 fully saturated rings. The summed E-state index contributed by atoms with van der Waals surface area (Å²) in [7, 11) is 0. The van der Waals surface area contributed by atoms with Gasteiger partial charge in [0.05, 0.1) is 0 Å². The summed E-state index contributed by atoms with van der Waals surface area (Å²) < 4.78 is 44.6. The Bertz CT molecular complexity index is 741. The molecule has 22 heavy (non-hydrogen) atoms. The van der Waals surface area contributed by atoms with Crippen molar-refractivity contribution < 1.29 is 18.1 Å². The Morgan fingerprint density at radius 2 is 2.09 bits per heavy atom. The summed E-state index contributed by atoms with van der Waals surface area (Å²) in [6.45, 7) is 0.832. The Balaban J connectivity index is 2.21. The fourth-order valence-corrected chi connectivity index (χ4v) is 4.05. The van der Waals surface area contributed by atoms with Gasteiger partial charge in [-0.25, -0.2) is 13.8 Å². The van der Waals surface area contributed by atoms with Gasteiger partial charge in [0.25, 0.3) is 12.0 Å². The van der Waals surface area contributed by atoms with Crippen LogP contribution in [0.5, 0.6) is 0 Å². The number of ether oxygens (including phenoxy) is 1. The first-order valence-corrected chi connectivity index (χ1v) is 8.98. The van der Waals surface area contributed by atoms with E-state index < -0.39 is 29.0 Å². The number of hydrogen-bond acceptors (Lipinski definition) is 6. The number of nitrogens with zero attached hydrogens (tertiary/aromatic N) is 3. The smallest absolute Gasteiger partial charge is 0.304 e. The third kappa shape index (κ3) is 2.75. The molecule has 0 aliphatic carbocycles. The van der Waals surface area contributed by atoms with Crippen LogP contribution in [0, 0.1) is 0 Å². The molecule has 0 saturated carbocycles. The predicted octanol–water partition coefficient (Wildman–Crippen LogP) is 1.88. The summed E-state index contributed by atoms with van der Waals surface area (Å²) in [5, 5.41) is 0. The van der Waals surface area contributed by atoms with E-state index in [1.54, 1.807) is 0 Å². The lowest BCUT2D eigenvalue weighted by atomic mass is 10.1. The van der Waals surface area contributed by atoms with Crippen molar-refractivity contribution in [2.24, 2.45) is 0 Å². The van der Waals surface area contributed by atoms with Gasteiger partial charge in [0.2, 0.25) is 0 Å². The third-order valence-electron chi connectivity index (χ3n) is 3.47. The summed E-state index contributed by atoms with van der Waals surface area (Å²) in [5.41, 5.74) is -0.591. The molecular weight excluding hydrogens is 336 g/mol. The first kappa shape index (κ1) is 15.8. The number of rotatable bonds is 3. The predicted molar refractivity (Wildman–Crippen MR) is 78.1 cm³/mol. The number of hydrogen-bond donors (Lipinski definition) is 0. The zero-order valence-corrected chi connectivity index (χ0v) is 13.3. The Hall–Kier alpha value is -1.10. The van der Waals surface area contributed by atoms with E-state index in [-0.39, 0.29) is 20.7 Å². The largest absolute Gasteiger partial charge is 0.610 e. The molecule has 120 valence electrons. The summed E-state index contributed by atoms with van der Waals surface area (Å²) in [4.78, 5) is 20.6. The van der Waals surface area contributed by atoms with Crippen LogP contribution in [0.15, 0.2) is 9.13 Å². The molecule has 3 heterocycles. The quantitative estimate of drug-likeness (QED) is 0.791. The van der Waals surface area contributed by atoms with Crippen molar-refractivity contribution in [3.8, 4) is 0 Å². The van der Waals surface area contributed by atoms with Gasteiger partial charge in [-0.2, -0.15) is 4.98 Å². The maximum absolute atomic E-state index is 13.3. The van der Waals surface area contributed by atoms with Crippen molar-refractivity contribution in [2.45, 2.75) is 29.6 Å². The zero-order valence-electron chi connectivity index (χ0n) is 11.6. The molecule has 3 rings (SSSR count). The second kappa shape index (κ2) is 6.19. The van der Waals surface area contributed by atoms with Crippen LogP contribution in [-0.2, 0) is 15.9 Å². The number of fused-ring (bicyclic) bond motifs is 1. The van der Waals surface area contributed by atoms with Crippen LogP contribution in [-0.4, -0.2) is 38.6 Å². The van der Waals surface area contributed by atoms with Crippen LogP contribution in [0.25, 0.3) is 10.3 Å². The standard InChI is InChI=1S/C12H13F2N3O3S2/c1-22(19)12-15-7-10(21-12)16-9(8(13)14)17(11(7)18)6-2-4-20-5-3-6/h6,8H,2-5H2,1H3. The molecule has 1 saturated heterocycles. The number of thiazole rings is 1. The second-order valence-corrected chi connectivity index (χ2v) is 7.41. The fraction of sp³-hybridized carbons (Fsp3) is 0.583. The van der Waals surface area contributed by atoms with Gasteiger partial charge in [-0.15, -0.1) is 0 Å². The first-order valence-electron chi connectivity index (χ1n) is 6.61. The molecule has 1 aliphatic rings. The minimum absolute atomic E-state index is 0.00564. The molecule has 1 unspecified atom stereocenters. The lowest BCUT2D eigenvalue weighted by Crippen LogP contribution is -2.32. The Labute approximate surface area is 131 Å². The molecule has 0 aromatic carbocycles. The van der Waals surface area contributed by atoms with E-state index in [1.165, 1.54) is 6.26 Å². The highest BCUT2D eigenvalue weighted by molar-refractivity contribution is 7.92. The van der Waals surface area contributed by atoms with Crippen LogP contribution < -0.4 is 5.56 Å². The maximum Gasteiger partial charge on any atom is 0.304 e. The third-order valence-corrected chi connectivity index (χ3v) is 5.75. The Morgan fingerprint density at radius 3 is 2.68 bits per heavy atom. The van der Waals surface area contributed by atoms with Crippen molar-refractivity contribution >= 4 is 32.9 Å². The van der Waals surface area contributed by atoms with Gasteiger partial charge in [0, 0.05) is 30.4 Å². The first-order chi connectivity index (χ1) is 10.5. The Morgan fingerprint density at radius 1 is 1.41 bits per heavy atom. The fourth-order valence-electron chi connectivity index (χ4n) is 2.46. The molecule has 6 nitrogen and oxygen atoms in total.